The van der Waals surface area contributed by atoms with Gasteiger partial charge < -0.3 is 9.40 Å². The van der Waals surface area contributed by atoms with Crippen LogP contribution >= 0.6 is 0 Å². The maximum atomic E-state index is 5.60. The molecular weight excluding hydrogens is 805 g/mol. The molecular formula is C47H49AuN2O. The minimum Gasteiger partial charge on any atom is -0.663 e. The quantitative estimate of drug-likeness (QED) is 0.131. The van der Waals surface area contributed by atoms with Crippen molar-refractivity contribution in [3.63, 3.8) is 0 Å². The van der Waals surface area contributed by atoms with Crippen LogP contribution in [0.15, 0.2) is 83.5 Å². The molecule has 0 aliphatic rings. The molecule has 0 N–H and O–H groups in total. The zero-order valence-corrected chi connectivity index (χ0v) is 34.3. The van der Waals surface area contributed by atoms with Gasteiger partial charge in [0, 0.05) is 11.8 Å². The van der Waals surface area contributed by atoms with Gasteiger partial charge >= 0.3 is 22.4 Å². The Labute approximate surface area is 319 Å². The number of hydrogen-bond donors (Lipinski definition) is 0. The molecule has 3 heterocycles. The Hall–Kier alpha value is -3.89. The molecule has 7 aromatic rings. The van der Waals surface area contributed by atoms with Gasteiger partial charge in [0.05, 0.1) is 6.26 Å². The van der Waals surface area contributed by atoms with Crippen molar-refractivity contribution in [3.05, 3.63) is 113 Å². The monoisotopic (exact) mass is 854 g/mol. The molecule has 3 aromatic heterocycles. The molecule has 0 aliphatic heterocycles. The van der Waals surface area contributed by atoms with E-state index in [2.05, 4.69) is 150 Å². The van der Waals surface area contributed by atoms with Crippen molar-refractivity contribution in [2.45, 2.75) is 105 Å². The SMILES string of the molecule is CC(C)(C)c1cc(-c2[c-]c(-c3cc(C(C)(C)C)cc4c3[n-]c3ccc(C(C)(C)C)cc34)cc(C(C)(C)C)c2)[c-]c(-c2ccc3occc3n2)c1.[Au+3]. The molecule has 0 saturated carbocycles. The number of aromatic nitrogens is 2. The van der Waals surface area contributed by atoms with Crippen LogP contribution in [0, 0.1) is 12.1 Å². The van der Waals surface area contributed by atoms with Gasteiger partial charge in [-0.05, 0) is 49.6 Å². The summed E-state index contributed by atoms with van der Waals surface area (Å²) < 4.78 is 5.60. The minimum absolute atomic E-state index is 0. The van der Waals surface area contributed by atoms with Gasteiger partial charge in [-0.25, -0.2) is 0 Å². The second-order valence-electron chi connectivity index (χ2n) is 18.2. The average Bonchev–Trinajstić information content (AvgIpc) is 3.66. The Kier molecular flexibility index (Phi) is 9.15. The third kappa shape index (κ3) is 7.14. The topological polar surface area (TPSA) is 40.1 Å². The van der Waals surface area contributed by atoms with Crippen molar-refractivity contribution in [1.29, 1.82) is 0 Å². The molecule has 0 aliphatic carbocycles. The minimum atomic E-state index is -0.0938. The van der Waals surface area contributed by atoms with E-state index in [-0.39, 0.29) is 44.0 Å². The maximum Gasteiger partial charge on any atom is 3.00 e. The number of rotatable bonds is 3. The number of pyridine rings is 1. The molecule has 264 valence electrons. The predicted octanol–water partition coefficient (Wildman–Crippen LogP) is 12.9. The van der Waals surface area contributed by atoms with Gasteiger partial charge in [0.1, 0.15) is 5.52 Å². The molecule has 4 heteroatoms. The van der Waals surface area contributed by atoms with Crippen molar-refractivity contribution in [1.82, 2.24) is 9.97 Å². The van der Waals surface area contributed by atoms with Crippen LogP contribution in [0.3, 0.4) is 0 Å². The average molecular weight is 855 g/mol. The van der Waals surface area contributed by atoms with Crippen molar-refractivity contribution >= 4 is 32.9 Å². The number of hydrogen-bond acceptors (Lipinski definition) is 2. The van der Waals surface area contributed by atoms with Crippen LogP contribution in [-0.4, -0.2) is 4.98 Å². The maximum absolute atomic E-state index is 5.60. The first-order valence-corrected chi connectivity index (χ1v) is 17.8. The summed E-state index contributed by atoms with van der Waals surface area (Å²) in [6.45, 7) is 27.3. The van der Waals surface area contributed by atoms with E-state index in [9.17, 15) is 0 Å². The molecule has 4 aromatic carbocycles. The standard InChI is InChI=1S/C47H49N2O.Au/c1-44(2,3)32-13-14-40-37(25-32)38-27-35(47(10,11)12)26-36(43(38)49-40)30-19-28(21-33(23-30)45(4,5)6)29-20-31(24-34(22-29)46(7,8)9)39-15-16-42-41(48-39)17-18-50-42;/h13-18,21-27H,1-12H3;/q-3;+3. The Morgan fingerprint density at radius 1 is 0.529 bits per heavy atom. The summed E-state index contributed by atoms with van der Waals surface area (Å²) in [6, 6.07) is 34.3. The van der Waals surface area contributed by atoms with Crippen LogP contribution in [0.25, 0.3) is 66.4 Å². The molecule has 0 bridgehead atoms. The van der Waals surface area contributed by atoms with Crippen LogP contribution in [0.1, 0.15) is 105 Å². The first-order valence-electron chi connectivity index (χ1n) is 17.8. The van der Waals surface area contributed by atoms with Crippen molar-refractivity contribution in [2.24, 2.45) is 0 Å². The summed E-state index contributed by atoms with van der Waals surface area (Å²) in [5, 5.41) is 2.42. The van der Waals surface area contributed by atoms with E-state index in [1.54, 1.807) is 6.26 Å². The van der Waals surface area contributed by atoms with Gasteiger partial charge in [0.15, 0.2) is 5.58 Å². The molecule has 0 amide bonds. The summed E-state index contributed by atoms with van der Waals surface area (Å²) >= 11 is 0. The second-order valence-corrected chi connectivity index (χ2v) is 18.2. The Morgan fingerprint density at radius 2 is 1.06 bits per heavy atom. The van der Waals surface area contributed by atoms with Gasteiger partial charge in [-0.2, -0.15) is 40.9 Å². The van der Waals surface area contributed by atoms with Gasteiger partial charge in [0.2, 0.25) is 0 Å². The molecule has 3 nitrogen and oxygen atoms in total. The smallest absolute Gasteiger partial charge is 0.663 e. The second kappa shape index (κ2) is 12.7. The van der Waals surface area contributed by atoms with Crippen molar-refractivity contribution < 1.29 is 26.8 Å². The predicted molar refractivity (Wildman–Crippen MR) is 211 cm³/mol. The van der Waals surface area contributed by atoms with E-state index in [0.29, 0.717) is 0 Å². The normalized spacial score (nSPS) is 12.9. The number of furan rings is 1. The molecule has 0 unspecified atom stereocenters. The van der Waals surface area contributed by atoms with Crippen molar-refractivity contribution in [3.8, 4) is 33.5 Å². The summed E-state index contributed by atoms with van der Waals surface area (Å²) in [4.78, 5) is 10.3. The molecule has 7 rings (SSSR count). The Bertz CT molecular complexity index is 2410. The van der Waals surface area contributed by atoms with Gasteiger partial charge in [-0.1, -0.05) is 125 Å². The summed E-state index contributed by atoms with van der Waals surface area (Å²) in [7, 11) is 0. The molecule has 0 spiro atoms. The van der Waals surface area contributed by atoms with E-state index < -0.39 is 0 Å². The van der Waals surface area contributed by atoms with Crippen LogP contribution in [0.2, 0.25) is 0 Å². The van der Waals surface area contributed by atoms with Crippen molar-refractivity contribution in [2.75, 3.05) is 0 Å². The summed E-state index contributed by atoms with van der Waals surface area (Å²) in [6.07, 6.45) is 1.69. The fourth-order valence-electron chi connectivity index (χ4n) is 6.62. The van der Waals surface area contributed by atoms with Crippen LogP contribution in [0.4, 0.5) is 0 Å². The van der Waals surface area contributed by atoms with E-state index in [0.717, 1.165) is 55.6 Å². The summed E-state index contributed by atoms with van der Waals surface area (Å²) in [5.41, 5.74) is 14.6. The zero-order valence-electron chi connectivity index (χ0n) is 32.1. The van der Waals surface area contributed by atoms with Crippen LogP contribution < -0.4 is 4.98 Å². The van der Waals surface area contributed by atoms with Gasteiger partial charge in [0.25, 0.3) is 0 Å². The van der Waals surface area contributed by atoms with Crippen LogP contribution in [-0.2, 0) is 44.0 Å². The molecule has 0 fully saturated rings. The van der Waals surface area contributed by atoms with E-state index in [1.165, 1.54) is 33.0 Å². The molecule has 0 saturated heterocycles. The molecule has 0 radical (unpaired) electrons. The zero-order chi connectivity index (χ0) is 36.0. The Balaban J connectivity index is 0.00000448. The van der Waals surface area contributed by atoms with Gasteiger partial charge in [-0.15, -0.1) is 39.9 Å². The number of fused-ring (bicyclic) bond motifs is 4. The largest absolute Gasteiger partial charge is 3.00 e. The van der Waals surface area contributed by atoms with Crippen LogP contribution in [0.5, 0.6) is 0 Å². The fourth-order valence-corrected chi connectivity index (χ4v) is 6.62. The molecule has 0 atom stereocenters. The summed E-state index contributed by atoms with van der Waals surface area (Å²) in [5.74, 6) is 0. The number of benzene rings is 4. The van der Waals surface area contributed by atoms with Gasteiger partial charge in [-0.3, -0.25) is 4.98 Å². The fraction of sp³-hybridized carbons (Fsp3) is 0.340. The first kappa shape index (κ1) is 36.9. The molecule has 51 heavy (non-hydrogen) atoms. The Morgan fingerprint density at radius 3 is 1.67 bits per heavy atom. The third-order valence-electron chi connectivity index (χ3n) is 9.99. The van der Waals surface area contributed by atoms with E-state index in [1.807, 2.05) is 18.2 Å². The van der Waals surface area contributed by atoms with E-state index in [4.69, 9.17) is 14.4 Å². The first-order chi connectivity index (χ1) is 23.3. The van der Waals surface area contributed by atoms with E-state index >= 15 is 0 Å². The number of nitrogens with zero attached hydrogens (tertiary/aromatic N) is 2. The third-order valence-corrected chi connectivity index (χ3v) is 9.99.